The van der Waals surface area contributed by atoms with Crippen LogP contribution in [-0.2, 0) is 6.42 Å². The Balaban J connectivity index is 2.27. The van der Waals surface area contributed by atoms with Crippen LogP contribution >= 0.6 is 11.3 Å². The Morgan fingerprint density at radius 1 is 1.26 bits per heavy atom. The van der Waals surface area contributed by atoms with Crippen molar-refractivity contribution >= 4 is 22.8 Å². The van der Waals surface area contributed by atoms with E-state index in [4.69, 9.17) is 5.73 Å². The van der Waals surface area contributed by atoms with Crippen LogP contribution in [0.5, 0.6) is 0 Å². The Hall–Kier alpha value is -1.61. The van der Waals surface area contributed by atoms with Crippen LogP contribution in [0.25, 0.3) is 10.4 Å². The summed E-state index contributed by atoms with van der Waals surface area (Å²) < 4.78 is 0. The summed E-state index contributed by atoms with van der Waals surface area (Å²) in [5.41, 5.74) is 8.91. The Kier molecular flexibility index (Phi) is 4.05. The van der Waals surface area contributed by atoms with Crippen molar-refractivity contribution in [3.05, 3.63) is 40.8 Å². The Labute approximate surface area is 118 Å². The summed E-state index contributed by atoms with van der Waals surface area (Å²) in [7, 11) is 0. The maximum absolute atomic E-state index is 11.4. The average molecular weight is 273 g/mol. The van der Waals surface area contributed by atoms with Crippen molar-refractivity contribution in [3.8, 4) is 10.4 Å². The number of Topliss-reactive ketones (excluding diaryl/α,β-unsaturated/α-hetero) is 1. The molecule has 0 amide bonds. The molecule has 0 bridgehead atoms. The first-order valence-electron chi connectivity index (χ1n) is 6.47. The molecule has 0 aliphatic carbocycles. The minimum atomic E-state index is 0.0326. The molecule has 0 unspecified atom stereocenters. The second kappa shape index (κ2) is 5.57. The Morgan fingerprint density at radius 2 is 1.89 bits per heavy atom. The van der Waals surface area contributed by atoms with Gasteiger partial charge in [0.1, 0.15) is 0 Å². The molecule has 0 fully saturated rings. The van der Waals surface area contributed by atoms with Gasteiger partial charge < -0.3 is 5.73 Å². The van der Waals surface area contributed by atoms with Gasteiger partial charge in [0.25, 0.3) is 0 Å². The van der Waals surface area contributed by atoms with Gasteiger partial charge in [0.15, 0.2) is 5.78 Å². The maximum atomic E-state index is 11.4. The van der Waals surface area contributed by atoms with Gasteiger partial charge in [-0.2, -0.15) is 0 Å². The van der Waals surface area contributed by atoms with Crippen molar-refractivity contribution in [2.45, 2.75) is 27.2 Å². The predicted octanol–water partition coefficient (Wildman–Crippen LogP) is 4.40. The molecule has 3 heteroatoms. The van der Waals surface area contributed by atoms with Gasteiger partial charge in [-0.3, -0.25) is 4.79 Å². The van der Waals surface area contributed by atoms with E-state index in [1.807, 2.05) is 6.07 Å². The lowest BCUT2D eigenvalue weighted by Gasteiger charge is -2.05. The first-order valence-corrected chi connectivity index (χ1v) is 7.28. The molecule has 0 aliphatic heterocycles. The van der Waals surface area contributed by atoms with E-state index in [1.54, 1.807) is 6.92 Å². The molecule has 0 saturated heterocycles. The smallest absolute Gasteiger partial charge is 0.171 e. The molecule has 2 aromatic rings. The zero-order valence-corrected chi connectivity index (χ0v) is 12.4. The molecule has 1 aromatic heterocycles. The number of ketones is 1. The van der Waals surface area contributed by atoms with Gasteiger partial charge in [0, 0.05) is 11.8 Å². The molecule has 0 spiro atoms. The van der Waals surface area contributed by atoms with E-state index >= 15 is 0 Å². The molecule has 1 heterocycles. The number of nitrogen functional groups attached to an aromatic ring is 1. The van der Waals surface area contributed by atoms with Crippen molar-refractivity contribution in [2.24, 2.45) is 5.92 Å². The summed E-state index contributed by atoms with van der Waals surface area (Å²) in [6, 6.07) is 10.4. The van der Waals surface area contributed by atoms with E-state index < -0.39 is 0 Å². The van der Waals surface area contributed by atoms with Crippen LogP contribution < -0.4 is 5.73 Å². The highest BCUT2D eigenvalue weighted by molar-refractivity contribution is 7.18. The minimum absolute atomic E-state index is 0.0326. The number of hydrogen-bond donors (Lipinski definition) is 1. The highest BCUT2D eigenvalue weighted by Gasteiger charge is 2.11. The lowest BCUT2D eigenvalue weighted by molar-refractivity contribution is 0.102. The molecule has 2 N–H and O–H groups in total. The fourth-order valence-electron chi connectivity index (χ4n) is 2.10. The Morgan fingerprint density at radius 3 is 2.37 bits per heavy atom. The first kappa shape index (κ1) is 13.8. The molecule has 0 saturated carbocycles. The summed E-state index contributed by atoms with van der Waals surface area (Å²) in [4.78, 5) is 13.1. The molecule has 100 valence electrons. The van der Waals surface area contributed by atoms with Gasteiger partial charge in [0.2, 0.25) is 0 Å². The van der Waals surface area contributed by atoms with Crippen LogP contribution in [0.3, 0.4) is 0 Å². The van der Waals surface area contributed by atoms with Crippen LogP contribution in [0.2, 0.25) is 0 Å². The quantitative estimate of drug-likeness (QED) is 0.839. The summed E-state index contributed by atoms with van der Waals surface area (Å²) in [6.07, 6.45) is 1.09. The van der Waals surface area contributed by atoms with Gasteiger partial charge in [-0.15, -0.1) is 11.3 Å². The number of hydrogen-bond acceptors (Lipinski definition) is 3. The van der Waals surface area contributed by atoms with E-state index in [1.165, 1.54) is 16.9 Å². The normalized spacial score (nSPS) is 10.9. The molecular weight excluding hydrogens is 254 g/mol. The van der Waals surface area contributed by atoms with Gasteiger partial charge >= 0.3 is 0 Å². The first-order chi connectivity index (χ1) is 8.97. The molecule has 0 radical (unpaired) electrons. The van der Waals surface area contributed by atoms with Crippen LogP contribution in [0.15, 0.2) is 30.3 Å². The number of rotatable bonds is 4. The number of benzene rings is 1. The van der Waals surface area contributed by atoms with Crippen LogP contribution in [0.1, 0.15) is 36.0 Å². The van der Waals surface area contributed by atoms with Gasteiger partial charge in [-0.05, 0) is 29.5 Å². The zero-order valence-electron chi connectivity index (χ0n) is 11.6. The van der Waals surface area contributed by atoms with Crippen LogP contribution in [-0.4, -0.2) is 5.78 Å². The predicted molar refractivity (Wildman–Crippen MR) is 82.7 cm³/mol. The zero-order chi connectivity index (χ0) is 14.0. The van der Waals surface area contributed by atoms with Crippen LogP contribution in [0, 0.1) is 5.92 Å². The van der Waals surface area contributed by atoms with Gasteiger partial charge in [0.05, 0.1) is 10.6 Å². The minimum Gasteiger partial charge on any atom is -0.397 e. The number of nitrogens with two attached hydrogens (primary N) is 1. The van der Waals surface area contributed by atoms with E-state index in [9.17, 15) is 4.79 Å². The topological polar surface area (TPSA) is 43.1 Å². The van der Waals surface area contributed by atoms with Crippen molar-refractivity contribution in [1.82, 2.24) is 0 Å². The monoisotopic (exact) mass is 273 g/mol. The molecule has 0 aliphatic rings. The van der Waals surface area contributed by atoms with E-state index in [-0.39, 0.29) is 5.78 Å². The summed E-state index contributed by atoms with van der Waals surface area (Å²) in [6.45, 7) is 5.98. The Bertz CT molecular complexity index is 581. The second-order valence-corrected chi connectivity index (χ2v) is 6.30. The summed E-state index contributed by atoms with van der Waals surface area (Å²) in [5, 5.41) is 0. The summed E-state index contributed by atoms with van der Waals surface area (Å²) >= 11 is 1.47. The highest BCUT2D eigenvalue weighted by Crippen LogP contribution is 2.33. The number of carbonyl (C=O) groups excluding carboxylic acids is 1. The molecule has 2 rings (SSSR count). The lowest BCUT2D eigenvalue weighted by Crippen LogP contribution is -1.93. The standard InChI is InChI=1S/C16H19NOS/c1-10(2)8-12-4-6-13(7-5-12)15-9-14(17)16(19-15)11(3)18/h4-7,9-10H,8,17H2,1-3H3. The largest absolute Gasteiger partial charge is 0.397 e. The van der Waals surface area contributed by atoms with Crippen LogP contribution in [0.4, 0.5) is 5.69 Å². The van der Waals surface area contributed by atoms with Crippen molar-refractivity contribution < 1.29 is 4.79 Å². The van der Waals surface area contributed by atoms with Gasteiger partial charge in [-0.25, -0.2) is 0 Å². The third-order valence-corrected chi connectivity index (χ3v) is 4.26. The van der Waals surface area contributed by atoms with Crippen molar-refractivity contribution in [1.29, 1.82) is 0 Å². The van der Waals surface area contributed by atoms with Crippen molar-refractivity contribution in [3.63, 3.8) is 0 Å². The molecule has 2 nitrogen and oxygen atoms in total. The van der Waals surface area contributed by atoms with E-state index in [2.05, 4.69) is 38.1 Å². The number of carbonyl (C=O) groups is 1. The fourth-order valence-corrected chi connectivity index (χ4v) is 3.08. The third-order valence-electron chi connectivity index (χ3n) is 2.96. The second-order valence-electron chi connectivity index (χ2n) is 5.25. The molecule has 0 atom stereocenters. The number of anilines is 1. The lowest BCUT2D eigenvalue weighted by atomic mass is 10.0. The summed E-state index contributed by atoms with van der Waals surface area (Å²) in [5.74, 6) is 0.692. The third kappa shape index (κ3) is 3.24. The molecular formula is C16H19NOS. The SMILES string of the molecule is CC(=O)c1sc(-c2ccc(CC(C)C)cc2)cc1N. The van der Waals surface area contributed by atoms with Crippen molar-refractivity contribution in [2.75, 3.05) is 5.73 Å². The fraction of sp³-hybridized carbons (Fsp3) is 0.312. The molecule has 19 heavy (non-hydrogen) atoms. The maximum Gasteiger partial charge on any atom is 0.171 e. The highest BCUT2D eigenvalue weighted by atomic mass is 32.1. The average Bonchev–Trinajstić information content (AvgIpc) is 2.71. The van der Waals surface area contributed by atoms with E-state index in [0.29, 0.717) is 16.5 Å². The van der Waals surface area contributed by atoms with Gasteiger partial charge in [-0.1, -0.05) is 38.1 Å². The molecule has 1 aromatic carbocycles. The van der Waals surface area contributed by atoms with E-state index in [0.717, 1.165) is 16.9 Å². The number of thiophene rings is 1.